The molecule has 0 saturated heterocycles. The fraction of sp³-hybridized carbons (Fsp3) is 0.444. The molecule has 0 radical (unpaired) electrons. The largest absolute Gasteiger partial charge is 0.338 e. The number of nitrogens with zero attached hydrogens (tertiary/aromatic N) is 4. The van der Waals surface area contributed by atoms with Gasteiger partial charge in [0.05, 0.1) is 19.0 Å². The second-order valence-corrected chi connectivity index (χ2v) is 6.47. The minimum atomic E-state index is -0.216. The van der Waals surface area contributed by atoms with E-state index < -0.39 is 0 Å². The molecule has 25 heavy (non-hydrogen) atoms. The Morgan fingerprint density at radius 1 is 1.36 bits per heavy atom. The average molecular weight is 341 g/mol. The highest BCUT2D eigenvalue weighted by atomic mass is 16.2. The van der Waals surface area contributed by atoms with Crippen LogP contribution in [0.2, 0.25) is 0 Å². The summed E-state index contributed by atoms with van der Waals surface area (Å²) in [6, 6.07) is 7.83. The number of nitrogens with one attached hydrogen (secondary N) is 1. The van der Waals surface area contributed by atoms with Crippen molar-refractivity contribution in [2.75, 3.05) is 13.6 Å². The number of fused-ring (bicyclic) bond motifs is 1. The molecule has 1 aliphatic rings. The molecule has 1 N–H and O–H groups in total. The molecule has 0 spiro atoms. The summed E-state index contributed by atoms with van der Waals surface area (Å²) in [5.41, 5.74) is 2.28. The zero-order valence-electron chi connectivity index (χ0n) is 14.8. The van der Waals surface area contributed by atoms with E-state index in [1.54, 1.807) is 23.8 Å². The Hall–Kier alpha value is -2.70. The first-order chi connectivity index (χ1) is 12.0. The predicted molar refractivity (Wildman–Crippen MR) is 92.5 cm³/mol. The van der Waals surface area contributed by atoms with Gasteiger partial charge in [-0.05, 0) is 24.5 Å². The van der Waals surface area contributed by atoms with Crippen LogP contribution in [0.3, 0.4) is 0 Å². The lowest BCUT2D eigenvalue weighted by Gasteiger charge is -2.37. The molecule has 0 fully saturated rings. The molecule has 7 nitrogen and oxygen atoms in total. The fourth-order valence-electron chi connectivity index (χ4n) is 3.33. The van der Waals surface area contributed by atoms with E-state index >= 15 is 0 Å². The predicted octanol–water partition coefficient (Wildman–Crippen LogP) is 1.61. The van der Waals surface area contributed by atoms with Crippen LogP contribution in [0.25, 0.3) is 0 Å². The van der Waals surface area contributed by atoms with Crippen molar-refractivity contribution in [1.29, 1.82) is 0 Å². The van der Waals surface area contributed by atoms with Gasteiger partial charge in [0.2, 0.25) is 11.8 Å². The molecule has 2 amide bonds. The smallest absolute Gasteiger partial charge is 0.225 e. The van der Waals surface area contributed by atoms with Crippen molar-refractivity contribution in [3.05, 3.63) is 47.0 Å². The number of benzene rings is 1. The first-order valence-corrected chi connectivity index (χ1v) is 8.42. The monoisotopic (exact) mass is 341 g/mol. The molecule has 1 aromatic carbocycles. The van der Waals surface area contributed by atoms with E-state index in [1.165, 1.54) is 5.56 Å². The molecular weight excluding hydrogens is 318 g/mol. The van der Waals surface area contributed by atoms with E-state index in [0.29, 0.717) is 18.9 Å². The summed E-state index contributed by atoms with van der Waals surface area (Å²) >= 11 is 0. The Morgan fingerprint density at radius 3 is 2.80 bits per heavy atom. The van der Waals surface area contributed by atoms with Crippen LogP contribution in [0.1, 0.15) is 42.2 Å². The van der Waals surface area contributed by atoms with E-state index in [-0.39, 0.29) is 24.3 Å². The van der Waals surface area contributed by atoms with Crippen molar-refractivity contribution >= 4 is 11.8 Å². The van der Waals surface area contributed by atoms with Crippen LogP contribution >= 0.6 is 0 Å². The van der Waals surface area contributed by atoms with Crippen molar-refractivity contribution in [2.45, 2.75) is 39.3 Å². The van der Waals surface area contributed by atoms with E-state index in [9.17, 15) is 9.59 Å². The zero-order chi connectivity index (χ0) is 18.0. The van der Waals surface area contributed by atoms with Gasteiger partial charge < -0.3 is 9.80 Å². The van der Waals surface area contributed by atoms with Crippen molar-refractivity contribution in [2.24, 2.45) is 0 Å². The third-order valence-electron chi connectivity index (χ3n) is 4.63. The molecule has 132 valence electrons. The summed E-state index contributed by atoms with van der Waals surface area (Å²) in [5.74, 6) is 1.27. The van der Waals surface area contributed by atoms with Gasteiger partial charge in [-0.3, -0.25) is 14.7 Å². The molecule has 0 saturated carbocycles. The van der Waals surface area contributed by atoms with Crippen LogP contribution in [-0.2, 0) is 22.6 Å². The van der Waals surface area contributed by atoms with Crippen LogP contribution in [0.5, 0.6) is 0 Å². The number of carbonyl (C=O) groups excluding carboxylic acids is 2. The van der Waals surface area contributed by atoms with E-state index in [1.807, 2.05) is 25.1 Å². The molecule has 1 aliphatic heterocycles. The van der Waals surface area contributed by atoms with Crippen LogP contribution < -0.4 is 0 Å². The minimum Gasteiger partial charge on any atom is -0.338 e. The van der Waals surface area contributed by atoms with Crippen molar-refractivity contribution in [3.63, 3.8) is 0 Å². The van der Waals surface area contributed by atoms with Gasteiger partial charge in [-0.15, -0.1) is 0 Å². The average Bonchev–Trinajstić information content (AvgIpc) is 2.99. The molecule has 0 aliphatic carbocycles. The number of aromatic nitrogens is 3. The van der Waals surface area contributed by atoms with Crippen LogP contribution in [-0.4, -0.2) is 50.4 Å². The van der Waals surface area contributed by atoms with Gasteiger partial charge in [0.1, 0.15) is 5.82 Å². The third-order valence-corrected chi connectivity index (χ3v) is 4.63. The second-order valence-electron chi connectivity index (χ2n) is 6.47. The Balaban J connectivity index is 1.76. The topological polar surface area (TPSA) is 82.2 Å². The van der Waals surface area contributed by atoms with E-state index in [4.69, 9.17) is 0 Å². The molecular formula is C18H23N5O2. The van der Waals surface area contributed by atoms with Gasteiger partial charge in [0.25, 0.3) is 0 Å². The summed E-state index contributed by atoms with van der Waals surface area (Å²) in [5, 5.41) is 6.85. The number of amides is 2. The molecule has 2 aromatic rings. The van der Waals surface area contributed by atoms with Gasteiger partial charge in [-0.1, -0.05) is 24.3 Å². The number of aryl methyl sites for hydroxylation is 1. The Labute approximate surface area is 147 Å². The zero-order valence-corrected chi connectivity index (χ0v) is 14.8. The summed E-state index contributed by atoms with van der Waals surface area (Å²) in [7, 11) is 1.74. The van der Waals surface area contributed by atoms with Crippen LogP contribution in [0.4, 0.5) is 0 Å². The Kier molecular flexibility index (Phi) is 4.83. The number of H-pyrrole nitrogens is 1. The third kappa shape index (κ3) is 3.70. The van der Waals surface area contributed by atoms with Crippen molar-refractivity contribution < 1.29 is 9.59 Å². The molecule has 2 heterocycles. The van der Waals surface area contributed by atoms with Crippen LogP contribution in [0, 0.1) is 6.92 Å². The first-order valence-electron chi connectivity index (χ1n) is 8.42. The Morgan fingerprint density at radius 2 is 2.12 bits per heavy atom. The van der Waals surface area contributed by atoms with Crippen LogP contribution in [0.15, 0.2) is 24.3 Å². The lowest BCUT2D eigenvalue weighted by atomic mass is 9.90. The number of carbonyl (C=O) groups is 2. The quantitative estimate of drug-likeness (QED) is 0.916. The summed E-state index contributed by atoms with van der Waals surface area (Å²) in [6.45, 7) is 4.37. The molecule has 1 aromatic heterocycles. The highest BCUT2D eigenvalue weighted by Crippen LogP contribution is 2.32. The van der Waals surface area contributed by atoms with Crippen molar-refractivity contribution in [3.8, 4) is 0 Å². The first kappa shape index (κ1) is 17.1. The lowest BCUT2D eigenvalue weighted by molar-refractivity contribution is -0.136. The van der Waals surface area contributed by atoms with Gasteiger partial charge in [-0.25, -0.2) is 4.98 Å². The fourth-order valence-corrected chi connectivity index (χ4v) is 3.33. The number of aromatic amines is 1. The van der Waals surface area contributed by atoms with Gasteiger partial charge in [-0.2, -0.15) is 5.10 Å². The summed E-state index contributed by atoms with van der Waals surface area (Å²) in [6.07, 6.45) is 1.09. The van der Waals surface area contributed by atoms with Gasteiger partial charge in [0.15, 0.2) is 5.82 Å². The lowest BCUT2D eigenvalue weighted by Crippen LogP contribution is -2.41. The maximum absolute atomic E-state index is 12.7. The molecule has 0 bridgehead atoms. The highest BCUT2D eigenvalue weighted by molar-refractivity contribution is 5.79. The van der Waals surface area contributed by atoms with Crippen molar-refractivity contribution in [1.82, 2.24) is 25.0 Å². The number of rotatable bonds is 4. The SMILES string of the molecule is CC(=O)N1CCc2ccccc2[C@H]1CC(=O)N(C)Cc1n[nH]c(C)n1. The summed E-state index contributed by atoms with van der Waals surface area (Å²) in [4.78, 5) is 32.4. The standard InChI is InChI=1S/C18H23N5O2/c1-12-19-17(21-20-12)11-22(3)18(25)10-16-15-7-5-4-6-14(15)8-9-23(16)13(2)24/h4-7,16H,8-11H2,1-3H3,(H,19,20,21)/t16-/m1/s1. The molecule has 3 rings (SSSR count). The second kappa shape index (κ2) is 7.04. The summed E-state index contributed by atoms with van der Waals surface area (Å²) < 4.78 is 0. The van der Waals surface area contributed by atoms with E-state index in [2.05, 4.69) is 21.2 Å². The molecule has 1 atom stereocenters. The Bertz CT molecular complexity index is 785. The molecule has 7 heteroatoms. The minimum absolute atomic E-state index is 0.000418. The maximum Gasteiger partial charge on any atom is 0.225 e. The highest BCUT2D eigenvalue weighted by Gasteiger charge is 2.31. The maximum atomic E-state index is 12.7. The number of hydrogen-bond acceptors (Lipinski definition) is 4. The molecule has 0 unspecified atom stereocenters. The van der Waals surface area contributed by atoms with Gasteiger partial charge in [0, 0.05) is 20.5 Å². The normalized spacial score (nSPS) is 16.4. The van der Waals surface area contributed by atoms with E-state index in [0.717, 1.165) is 17.8 Å². The van der Waals surface area contributed by atoms with Gasteiger partial charge >= 0.3 is 0 Å². The number of hydrogen-bond donors (Lipinski definition) is 1.